The number of aromatic nitrogens is 1. The summed E-state index contributed by atoms with van der Waals surface area (Å²) in [5.41, 5.74) is 12.9. The van der Waals surface area contributed by atoms with Gasteiger partial charge in [-0.1, -0.05) is 120 Å². The van der Waals surface area contributed by atoms with Crippen LogP contribution in [0.3, 0.4) is 0 Å². The molecule has 0 saturated heterocycles. The summed E-state index contributed by atoms with van der Waals surface area (Å²) in [6.45, 7) is 4.28. The van der Waals surface area contributed by atoms with Crippen LogP contribution in [0.15, 0.2) is 200 Å². The maximum Gasteiger partial charge on any atom is 0.0562 e. The lowest BCUT2D eigenvalue weighted by atomic mass is 10.1. The molecule has 0 bridgehead atoms. The van der Waals surface area contributed by atoms with Gasteiger partial charge in [0.2, 0.25) is 0 Å². The maximum atomic E-state index is 2.50. The molecule has 11 rings (SSSR count). The Kier molecular flexibility index (Phi) is 8.12. The summed E-state index contributed by atoms with van der Waals surface area (Å²) in [5.74, 6) is 0. The Labute approximate surface area is 341 Å². The molecular formula is C54H39N3S. The molecule has 9 aromatic carbocycles. The predicted octanol–water partition coefficient (Wildman–Crippen LogP) is 15.9. The Balaban J connectivity index is 1.14. The molecule has 0 aliphatic carbocycles. The van der Waals surface area contributed by atoms with Crippen molar-refractivity contribution in [1.82, 2.24) is 4.57 Å². The standard InChI is InChI=1S/C54H39N3S/c1-36-20-24-41(25-21-36)56(42-26-22-37(2)23-27-42)44-29-31-47-49-34-52-48(35-54(49)58-53(47)33-44)46-30-28-43(55(39-14-5-3-6-15-39)40-16-7-4-8-17-40)32-51(46)57(52)50-19-11-13-38-12-9-10-18-45(38)50/h3-35H,1-2H3. The molecule has 4 heteroatoms. The van der Waals surface area contributed by atoms with E-state index in [0.717, 1.165) is 34.1 Å². The van der Waals surface area contributed by atoms with Crippen LogP contribution in [-0.2, 0) is 0 Å². The van der Waals surface area contributed by atoms with Gasteiger partial charge in [-0.05, 0) is 110 Å². The highest BCUT2D eigenvalue weighted by Gasteiger charge is 2.21. The molecule has 276 valence electrons. The zero-order valence-electron chi connectivity index (χ0n) is 32.3. The maximum absolute atomic E-state index is 2.50. The third kappa shape index (κ3) is 5.72. The molecule has 0 aliphatic rings. The molecule has 2 aromatic heterocycles. The number of para-hydroxylation sites is 2. The summed E-state index contributed by atoms with van der Waals surface area (Å²) < 4.78 is 5.06. The Bertz CT molecular complexity index is 3200. The largest absolute Gasteiger partial charge is 0.310 e. The first-order valence-corrected chi connectivity index (χ1v) is 20.7. The minimum atomic E-state index is 1.11. The Morgan fingerprint density at radius 3 is 1.50 bits per heavy atom. The van der Waals surface area contributed by atoms with Gasteiger partial charge in [-0.3, -0.25) is 0 Å². The van der Waals surface area contributed by atoms with Crippen molar-refractivity contribution in [1.29, 1.82) is 0 Å². The second kappa shape index (κ2) is 13.8. The number of nitrogens with zero attached hydrogens (tertiary/aromatic N) is 3. The number of benzene rings is 9. The highest BCUT2D eigenvalue weighted by Crippen LogP contribution is 2.45. The normalized spacial score (nSPS) is 11.6. The van der Waals surface area contributed by atoms with Gasteiger partial charge in [0.15, 0.2) is 0 Å². The lowest BCUT2D eigenvalue weighted by Gasteiger charge is -2.25. The van der Waals surface area contributed by atoms with E-state index < -0.39 is 0 Å². The van der Waals surface area contributed by atoms with E-state index in [-0.39, 0.29) is 0 Å². The molecule has 11 aromatic rings. The molecule has 2 heterocycles. The minimum Gasteiger partial charge on any atom is -0.310 e. The van der Waals surface area contributed by atoms with Gasteiger partial charge in [-0.2, -0.15) is 0 Å². The lowest BCUT2D eigenvalue weighted by molar-refractivity contribution is 1.19. The van der Waals surface area contributed by atoms with Crippen LogP contribution in [0.1, 0.15) is 11.1 Å². The smallest absolute Gasteiger partial charge is 0.0562 e. The quantitative estimate of drug-likeness (QED) is 0.160. The van der Waals surface area contributed by atoms with Crippen molar-refractivity contribution in [3.8, 4) is 5.69 Å². The van der Waals surface area contributed by atoms with Gasteiger partial charge in [0, 0.05) is 70.5 Å². The Hall–Kier alpha value is -7.14. The first kappa shape index (κ1) is 34.1. The first-order chi connectivity index (χ1) is 28.6. The first-order valence-electron chi connectivity index (χ1n) is 19.8. The van der Waals surface area contributed by atoms with Gasteiger partial charge in [0.25, 0.3) is 0 Å². The van der Waals surface area contributed by atoms with Crippen molar-refractivity contribution in [2.24, 2.45) is 0 Å². The summed E-state index contributed by atoms with van der Waals surface area (Å²) in [6.07, 6.45) is 0. The fraction of sp³-hybridized carbons (Fsp3) is 0.0370. The SMILES string of the molecule is Cc1ccc(N(c2ccc(C)cc2)c2ccc3c(c2)sc2cc4c5ccc(N(c6ccccc6)c6ccccc6)cc5n(-c5cccc6ccccc56)c4cc23)cc1. The third-order valence-electron chi connectivity index (χ3n) is 11.5. The molecule has 0 amide bonds. The highest BCUT2D eigenvalue weighted by atomic mass is 32.1. The molecule has 0 spiro atoms. The molecular weight excluding hydrogens is 723 g/mol. The van der Waals surface area contributed by atoms with Gasteiger partial charge in [-0.25, -0.2) is 0 Å². The fourth-order valence-corrected chi connectivity index (χ4v) is 9.80. The highest BCUT2D eigenvalue weighted by molar-refractivity contribution is 7.26. The second-order valence-corrected chi connectivity index (χ2v) is 16.3. The van der Waals surface area contributed by atoms with Crippen LogP contribution in [0.25, 0.3) is 58.4 Å². The molecule has 0 radical (unpaired) electrons. The van der Waals surface area contributed by atoms with Crippen molar-refractivity contribution in [2.45, 2.75) is 13.8 Å². The van der Waals surface area contributed by atoms with Crippen LogP contribution in [0.2, 0.25) is 0 Å². The monoisotopic (exact) mass is 761 g/mol. The number of fused-ring (bicyclic) bond motifs is 7. The molecule has 0 aliphatic heterocycles. The molecule has 0 saturated carbocycles. The summed E-state index contributed by atoms with van der Waals surface area (Å²) in [4.78, 5) is 4.72. The van der Waals surface area contributed by atoms with E-state index in [1.54, 1.807) is 0 Å². The van der Waals surface area contributed by atoms with Crippen molar-refractivity contribution in [2.75, 3.05) is 9.80 Å². The van der Waals surface area contributed by atoms with Crippen LogP contribution < -0.4 is 9.80 Å². The third-order valence-corrected chi connectivity index (χ3v) is 12.6. The van der Waals surface area contributed by atoms with Crippen LogP contribution in [0.5, 0.6) is 0 Å². The average Bonchev–Trinajstić information content (AvgIpc) is 3.78. The van der Waals surface area contributed by atoms with Gasteiger partial charge in [0.1, 0.15) is 0 Å². The van der Waals surface area contributed by atoms with Gasteiger partial charge < -0.3 is 14.4 Å². The average molecular weight is 762 g/mol. The van der Waals surface area contributed by atoms with Crippen LogP contribution in [-0.4, -0.2) is 4.57 Å². The van der Waals surface area contributed by atoms with Crippen LogP contribution in [0, 0.1) is 13.8 Å². The van der Waals surface area contributed by atoms with E-state index in [9.17, 15) is 0 Å². The van der Waals surface area contributed by atoms with Crippen molar-refractivity contribution < 1.29 is 0 Å². The number of aryl methyl sites for hydroxylation is 2. The number of rotatable bonds is 7. The second-order valence-electron chi connectivity index (χ2n) is 15.2. The van der Waals surface area contributed by atoms with Gasteiger partial charge >= 0.3 is 0 Å². The van der Waals surface area contributed by atoms with Crippen molar-refractivity contribution in [3.05, 3.63) is 211 Å². The van der Waals surface area contributed by atoms with Gasteiger partial charge in [0.05, 0.1) is 16.7 Å². The van der Waals surface area contributed by atoms with E-state index in [4.69, 9.17) is 0 Å². The predicted molar refractivity (Wildman–Crippen MR) is 250 cm³/mol. The number of hydrogen-bond acceptors (Lipinski definition) is 3. The summed E-state index contributed by atoms with van der Waals surface area (Å²) in [7, 11) is 0. The molecule has 3 nitrogen and oxygen atoms in total. The van der Waals surface area contributed by atoms with E-state index in [1.165, 1.54) is 69.6 Å². The lowest BCUT2D eigenvalue weighted by Crippen LogP contribution is -2.09. The van der Waals surface area contributed by atoms with Gasteiger partial charge in [-0.15, -0.1) is 11.3 Å². The van der Waals surface area contributed by atoms with Crippen LogP contribution in [0.4, 0.5) is 34.1 Å². The van der Waals surface area contributed by atoms with E-state index >= 15 is 0 Å². The Morgan fingerprint density at radius 2 is 0.845 bits per heavy atom. The topological polar surface area (TPSA) is 11.4 Å². The summed E-state index contributed by atoms with van der Waals surface area (Å²) >= 11 is 1.88. The van der Waals surface area contributed by atoms with Crippen molar-refractivity contribution in [3.63, 3.8) is 0 Å². The fourth-order valence-electron chi connectivity index (χ4n) is 8.64. The van der Waals surface area contributed by atoms with Crippen molar-refractivity contribution >= 4 is 98.2 Å². The number of hydrogen-bond donors (Lipinski definition) is 0. The zero-order valence-corrected chi connectivity index (χ0v) is 33.1. The molecule has 58 heavy (non-hydrogen) atoms. The van der Waals surface area contributed by atoms with E-state index in [2.05, 4.69) is 228 Å². The summed E-state index contributed by atoms with van der Waals surface area (Å²) in [5, 5.41) is 7.48. The zero-order chi connectivity index (χ0) is 38.7. The van der Waals surface area contributed by atoms with E-state index in [1.807, 2.05) is 11.3 Å². The molecule has 0 N–H and O–H groups in total. The number of anilines is 6. The number of thiophene rings is 1. The molecule has 0 fully saturated rings. The molecule has 0 atom stereocenters. The van der Waals surface area contributed by atoms with Crippen LogP contribution >= 0.6 is 11.3 Å². The van der Waals surface area contributed by atoms with E-state index in [0.29, 0.717) is 0 Å². The minimum absolute atomic E-state index is 1.11. The molecule has 0 unspecified atom stereocenters. The summed E-state index contributed by atoms with van der Waals surface area (Å²) in [6, 6.07) is 73.2. The Morgan fingerprint density at radius 1 is 0.345 bits per heavy atom.